The molecule has 0 aliphatic heterocycles. The van der Waals surface area contributed by atoms with Gasteiger partial charge in [-0.2, -0.15) is 0 Å². The van der Waals surface area contributed by atoms with Gasteiger partial charge < -0.3 is 9.32 Å². The lowest BCUT2D eigenvalue weighted by Gasteiger charge is -2.27. The van der Waals surface area contributed by atoms with Crippen LogP contribution in [0.4, 0.5) is 17.1 Å². The maximum atomic E-state index is 6.56. The molecular formula is C32H21NO. The molecule has 0 saturated heterocycles. The second kappa shape index (κ2) is 7.50. The van der Waals surface area contributed by atoms with Gasteiger partial charge in [0, 0.05) is 27.5 Å². The number of anilines is 3. The van der Waals surface area contributed by atoms with E-state index in [1.807, 2.05) is 12.1 Å². The average Bonchev–Trinajstić information content (AvgIpc) is 3.27. The fourth-order valence-corrected chi connectivity index (χ4v) is 5.02. The van der Waals surface area contributed by atoms with Crippen molar-refractivity contribution in [3.8, 4) is 0 Å². The first-order valence-electron chi connectivity index (χ1n) is 11.5. The predicted octanol–water partition coefficient (Wildman–Crippen LogP) is 9.36. The summed E-state index contributed by atoms with van der Waals surface area (Å²) in [4.78, 5) is 2.33. The molecule has 0 amide bonds. The summed E-state index contributed by atoms with van der Waals surface area (Å²) in [7, 11) is 0. The normalized spacial score (nSPS) is 11.5. The van der Waals surface area contributed by atoms with E-state index in [0.29, 0.717) is 0 Å². The van der Waals surface area contributed by atoms with Crippen molar-refractivity contribution in [1.82, 2.24) is 0 Å². The molecule has 1 heterocycles. The molecule has 7 rings (SSSR count). The van der Waals surface area contributed by atoms with Gasteiger partial charge in [-0.3, -0.25) is 0 Å². The van der Waals surface area contributed by atoms with Crippen LogP contribution in [0.2, 0.25) is 0 Å². The first-order chi connectivity index (χ1) is 16.9. The topological polar surface area (TPSA) is 16.4 Å². The van der Waals surface area contributed by atoms with E-state index in [1.54, 1.807) is 0 Å². The van der Waals surface area contributed by atoms with Gasteiger partial charge in [-0.15, -0.1) is 0 Å². The maximum absolute atomic E-state index is 6.56. The first kappa shape index (κ1) is 19.0. The van der Waals surface area contributed by atoms with Gasteiger partial charge >= 0.3 is 0 Å². The Morgan fingerprint density at radius 3 is 1.97 bits per heavy atom. The second-order valence-corrected chi connectivity index (χ2v) is 8.62. The van der Waals surface area contributed by atoms with Crippen molar-refractivity contribution in [2.75, 3.05) is 4.90 Å². The van der Waals surface area contributed by atoms with Crippen LogP contribution in [0.1, 0.15) is 0 Å². The smallest absolute Gasteiger partial charge is 0.160 e. The number of rotatable bonds is 3. The molecule has 34 heavy (non-hydrogen) atoms. The predicted molar refractivity (Wildman–Crippen MR) is 143 cm³/mol. The maximum Gasteiger partial charge on any atom is 0.160 e. The van der Waals surface area contributed by atoms with Crippen molar-refractivity contribution in [2.24, 2.45) is 0 Å². The molecule has 0 aliphatic rings. The molecule has 0 N–H and O–H groups in total. The summed E-state index contributed by atoms with van der Waals surface area (Å²) in [6.45, 7) is 0. The lowest BCUT2D eigenvalue weighted by molar-refractivity contribution is 0.669. The summed E-state index contributed by atoms with van der Waals surface area (Å²) in [5.41, 5.74) is 5.06. The van der Waals surface area contributed by atoms with E-state index in [9.17, 15) is 0 Å². The SMILES string of the molecule is c1ccc(N(c2ccc3ccccc3c2)c2c3ccccc3cc3c2oc2ccccc23)cc1. The molecule has 0 bridgehead atoms. The minimum Gasteiger partial charge on any atom is -0.454 e. The van der Waals surface area contributed by atoms with Gasteiger partial charge in [-0.1, -0.05) is 91.0 Å². The van der Waals surface area contributed by atoms with Gasteiger partial charge in [-0.05, 0) is 52.6 Å². The van der Waals surface area contributed by atoms with Crippen molar-refractivity contribution in [1.29, 1.82) is 0 Å². The van der Waals surface area contributed by atoms with Gasteiger partial charge in [-0.25, -0.2) is 0 Å². The fraction of sp³-hybridized carbons (Fsp3) is 0. The Balaban J connectivity index is 1.63. The molecule has 2 heteroatoms. The molecule has 0 fully saturated rings. The zero-order chi connectivity index (χ0) is 22.5. The molecule has 160 valence electrons. The van der Waals surface area contributed by atoms with Crippen molar-refractivity contribution >= 4 is 60.5 Å². The minimum absolute atomic E-state index is 0.900. The van der Waals surface area contributed by atoms with E-state index in [4.69, 9.17) is 4.42 Å². The number of hydrogen-bond donors (Lipinski definition) is 0. The van der Waals surface area contributed by atoms with Gasteiger partial charge in [0.15, 0.2) is 5.58 Å². The van der Waals surface area contributed by atoms with E-state index in [0.717, 1.165) is 44.4 Å². The monoisotopic (exact) mass is 435 g/mol. The van der Waals surface area contributed by atoms with E-state index < -0.39 is 0 Å². The van der Waals surface area contributed by atoms with E-state index in [1.165, 1.54) is 16.2 Å². The Morgan fingerprint density at radius 1 is 0.441 bits per heavy atom. The first-order valence-corrected chi connectivity index (χ1v) is 11.5. The summed E-state index contributed by atoms with van der Waals surface area (Å²) < 4.78 is 6.56. The van der Waals surface area contributed by atoms with Gasteiger partial charge in [0.2, 0.25) is 0 Å². The highest BCUT2D eigenvalue weighted by atomic mass is 16.3. The molecule has 1 aromatic heterocycles. The lowest BCUT2D eigenvalue weighted by Crippen LogP contribution is -2.10. The van der Waals surface area contributed by atoms with Crippen LogP contribution in [0, 0.1) is 0 Å². The molecule has 0 spiro atoms. The van der Waals surface area contributed by atoms with Gasteiger partial charge in [0.05, 0.1) is 5.69 Å². The Morgan fingerprint density at radius 2 is 1.12 bits per heavy atom. The van der Waals surface area contributed by atoms with Crippen LogP contribution in [0.15, 0.2) is 132 Å². The van der Waals surface area contributed by atoms with E-state index >= 15 is 0 Å². The molecule has 0 saturated carbocycles. The quantitative estimate of drug-likeness (QED) is 0.275. The van der Waals surface area contributed by atoms with Crippen LogP contribution in [0.25, 0.3) is 43.5 Å². The summed E-state index contributed by atoms with van der Waals surface area (Å²) in [6, 6.07) is 44.8. The highest BCUT2D eigenvalue weighted by molar-refractivity contribution is 6.19. The number of hydrogen-bond acceptors (Lipinski definition) is 2. The molecular weight excluding hydrogens is 414 g/mol. The van der Waals surface area contributed by atoms with Gasteiger partial charge in [0.25, 0.3) is 0 Å². The van der Waals surface area contributed by atoms with Crippen LogP contribution in [0.3, 0.4) is 0 Å². The molecule has 7 aromatic rings. The third kappa shape index (κ3) is 2.89. The third-order valence-corrected chi connectivity index (χ3v) is 6.59. The number of benzene rings is 6. The summed E-state index contributed by atoms with van der Waals surface area (Å²) in [6.07, 6.45) is 0. The van der Waals surface area contributed by atoms with Crippen LogP contribution < -0.4 is 4.90 Å². The number of fused-ring (bicyclic) bond motifs is 5. The molecule has 2 nitrogen and oxygen atoms in total. The lowest BCUT2D eigenvalue weighted by atomic mass is 10.0. The summed E-state index contributed by atoms with van der Waals surface area (Å²) in [5, 5.41) is 7.06. The number of furan rings is 1. The third-order valence-electron chi connectivity index (χ3n) is 6.59. The fourth-order valence-electron chi connectivity index (χ4n) is 5.02. The Kier molecular flexibility index (Phi) is 4.18. The van der Waals surface area contributed by atoms with Gasteiger partial charge in [0.1, 0.15) is 5.58 Å². The molecule has 0 aliphatic carbocycles. The molecule has 0 unspecified atom stereocenters. The summed E-state index contributed by atoms with van der Waals surface area (Å²) >= 11 is 0. The van der Waals surface area contributed by atoms with Crippen LogP contribution in [-0.2, 0) is 0 Å². The summed E-state index contributed by atoms with van der Waals surface area (Å²) in [5.74, 6) is 0. The zero-order valence-corrected chi connectivity index (χ0v) is 18.5. The Labute approximate surface area is 197 Å². The van der Waals surface area contributed by atoms with Crippen LogP contribution in [-0.4, -0.2) is 0 Å². The van der Waals surface area contributed by atoms with Crippen LogP contribution in [0.5, 0.6) is 0 Å². The van der Waals surface area contributed by atoms with Crippen molar-refractivity contribution in [3.63, 3.8) is 0 Å². The van der Waals surface area contributed by atoms with Crippen molar-refractivity contribution in [2.45, 2.75) is 0 Å². The minimum atomic E-state index is 0.900. The Bertz CT molecular complexity index is 1810. The Hall–Kier alpha value is -4.56. The highest BCUT2D eigenvalue weighted by Crippen LogP contribution is 2.46. The van der Waals surface area contributed by atoms with E-state index in [2.05, 4.69) is 120 Å². The standard InChI is InChI=1S/C32H21NO/c1-2-13-25(14-3-1)33(26-19-18-22-10-4-5-11-23(22)20-26)31-27-15-7-6-12-24(27)21-29-28-16-8-9-17-30(28)34-32(29)31/h1-21H. The molecule has 6 aromatic carbocycles. The second-order valence-electron chi connectivity index (χ2n) is 8.62. The molecule has 0 atom stereocenters. The van der Waals surface area contributed by atoms with Crippen molar-refractivity contribution < 1.29 is 4.42 Å². The zero-order valence-electron chi connectivity index (χ0n) is 18.5. The van der Waals surface area contributed by atoms with Crippen LogP contribution >= 0.6 is 0 Å². The average molecular weight is 436 g/mol. The van der Waals surface area contributed by atoms with Crippen molar-refractivity contribution in [3.05, 3.63) is 127 Å². The number of para-hydroxylation sites is 2. The molecule has 0 radical (unpaired) electrons. The number of nitrogens with zero attached hydrogens (tertiary/aromatic N) is 1. The van der Waals surface area contributed by atoms with E-state index in [-0.39, 0.29) is 0 Å². The highest BCUT2D eigenvalue weighted by Gasteiger charge is 2.22. The largest absolute Gasteiger partial charge is 0.454 e.